The van der Waals surface area contributed by atoms with Crippen molar-refractivity contribution in [3.63, 3.8) is 0 Å². The summed E-state index contributed by atoms with van der Waals surface area (Å²) in [6.45, 7) is 1.50. The minimum Gasteiger partial charge on any atom is -0.305 e. The van der Waals surface area contributed by atoms with E-state index in [1.54, 1.807) is 31.4 Å². The van der Waals surface area contributed by atoms with E-state index in [1.165, 1.54) is 29.8 Å². The van der Waals surface area contributed by atoms with Crippen molar-refractivity contribution < 1.29 is 17.6 Å². The van der Waals surface area contributed by atoms with Gasteiger partial charge in [0.05, 0.1) is 16.1 Å². The molecule has 2 aromatic carbocycles. The van der Waals surface area contributed by atoms with E-state index in [2.05, 4.69) is 15.1 Å². The summed E-state index contributed by atoms with van der Waals surface area (Å²) in [5, 5.41) is 6.67. The molecule has 1 heterocycles. The molecule has 0 bridgehead atoms. The van der Waals surface area contributed by atoms with Crippen LogP contribution in [0.1, 0.15) is 15.9 Å². The first kappa shape index (κ1) is 18.6. The highest BCUT2D eigenvalue weighted by atomic mass is 32.2. The number of rotatable bonds is 5. The zero-order chi connectivity index (χ0) is 19.6. The van der Waals surface area contributed by atoms with E-state index in [0.29, 0.717) is 5.82 Å². The van der Waals surface area contributed by atoms with Crippen molar-refractivity contribution in [2.75, 3.05) is 10.0 Å². The molecule has 27 heavy (non-hydrogen) atoms. The lowest BCUT2D eigenvalue weighted by Gasteiger charge is -2.13. The molecule has 0 radical (unpaired) electrons. The summed E-state index contributed by atoms with van der Waals surface area (Å²) < 4.78 is 42.6. The second-order valence-electron chi connectivity index (χ2n) is 5.89. The second-order valence-corrected chi connectivity index (χ2v) is 7.54. The van der Waals surface area contributed by atoms with Gasteiger partial charge in [0, 0.05) is 19.3 Å². The quantitative estimate of drug-likeness (QED) is 0.703. The maximum atomic E-state index is 13.3. The van der Waals surface area contributed by atoms with Gasteiger partial charge in [0.1, 0.15) is 5.82 Å². The molecule has 1 aromatic heterocycles. The van der Waals surface area contributed by atoms with Crippen molar-refractivity contribution in [3.05, 3.63) is 71.7 Å². The number of amides is 1. The number of carbonyl (C=O) groups excluding carboxylic acids is 1. The van der Waals surface area contributed by atoms with Gasteiger partial charge in [0.15, 0.2) is 5.82 Å². The number of nitrogens with one attached hydrogen (secondary N) is 2. The van der Waals surface area contributed by atoms with Crippen LogP contribution < -0.4 is 10.0 Å². The lowest BCUT2D eigenvalue weighted by Crippen LogP contribution is -2.19. The molecule has 0 saturated heterocycles. The monoisotopic (exact) mass is 388 g/mol. The van der Waals surface area contributed by atoms with Gasteiger partial charge in [-0.15, -0.1) is 0 Å². The van der Waals surface area contributed by atoms with E-state index < -0.39 is 21.7 Å². The number of halogens is 1. The number of carbonyl (C=O) groups is 1. The number of benzene rings is 2. The Kier molecular flexibility index (Phi) is 4.95. The Morgan fingerprint density at radius 3 is 2.56 bits per heavy atom. The Morgan fingerprint density at radius 1 is 1.15 bits per heavy atom. The normalized spacial score (nSPS) is 11.2. The van der Waals surface area contributed by atoms with Gasteiger partial charge >= 0.3 is 0 Å². The molecule has 0 aliphatic heterocycles. The Bertz CT molecular complexity index is 1110. The summed E-state index contributed by atoms with van der Waals surface area (Å²) in [7, 11) is -2.29. The number of sulfonamides is 1. The van der Waals surface area contributed by atoms with E-state index >= 15 is 0 Å². The van der Waals surface area contributed by atoms with Crippen LogP contribution in [0.2, 0.25) is 0 Å². The highest BCUT2D eigenvalue weighted by Crippen LogP contribution is 2.23. The number of anilines is 2. The molecule has 0 spiro atoms. The van der Waals surface area contributed by atoms with Gasteiger partial charge in [-0.2, -0.15) is 5.10 Å². The second kappa shape index (κ2) is 7.20. The highest BCUT2D eigenvalue weighted by molar-refractivity contribution is 7.92. The van der Waals surface area contributed by atoms with Crippen molar-refractivity contribution in [1.29, 1.82) is 0 Å². The summed E-state index contributed by atoms with van der Waals surface area (Å²) in [5.41, 5.74) is 0.499. The average molecular weight is 388 g/mol. The van der Waals surface area contributed by atoms with Crippen LogP contribution in [0.3, 0.4) is 0 Å². The standard InChI is InChI=1S/C18H17FN4O3S/c1-12-11-13(19)7-8-16(12)27(25,26)22-15-6-4-3-5-14(15)18(24)20-17-9-10-23(2)21-17/h3-11,22H,1-2H3,(H,20,21,24). The SMILES string of the molecule is Cc1cc(F)ccc1S(=O)(=O)Nc1ccccc1C(=O)Nc1ccn(C)n1. The summed E-state index contributed by atoms with van der Waals surface area (Å²) in [4.78, 5) is 12.5. The van der Waals surface area contributed by atoms with Gasteiger partial charge in [-0.25, -0.2) is 12.8 Å². The summed E-state index contributed by atoms with van der Waals surface area (Å²) in [5.74, 6) is -0.695. The van der Waals surface area contributed by atoms with Gasteiger partial charge in [-0.1, -0.05) is 12.1 Å². The number of nitrogens with zero attached hydrogens (tertiary/aromatic N) is 2. The summed E-state index contributed by atoms with van der Waals surface area (Å²) in [6, 6.07) is 11.2. The molecule has 1 amide bonds. The van der Waals surface area contributed by atoms with Crippen LogP contribution in [-0.4, -0.2) is 24.1 Å². The van der Waals surface area contributed by atoms with E-state index in [-0.39, 0.29) is 21.7 Å². The van der Waals surface area contributed by atoms with Crippen LogP contribution in [-0.2, 0) is 17.1 Å². The minimum absolute atomic E-state index is 0.0659. The molecule has 9 heteroatoms. The number of hydrogen-bond acceptors (Lipinski definition) is 4. The number of hydrogen-bond donors (Lipinski definition) is 2. The predicted molar refractivity (Wildman–Crippen MR) is 99.5 cm³/mol. The maximum Gasteiger partial charge on any atom is 0.262 e. The molecule has 3 aromatic rings. The molecule has 2 N–H and O–H groups in total. The van der Waals surface area contributed by atoms with Crippen molar-refractivity contribution in [2.24, 2.45) is 7.05 Å². The van der Waals surface area contributed by atoms with Gasteiger partial charge in [0.2, 0.25) is 0 Å². The fourth-order valence-corrected chi connectivity index (χ4v) is 3.86. The van der Waals surface area contributed by atoms with E-state index in [4.69, 9.17) is 0 Å². The van der Waals surface area contributed by atoms with E-state index in [1.807, 2.05) is 0 Å². The van der Waals surface area contributed by atoms with Gasteiger partial charge in [0.25, 0.3) is 15.9 Å². The number of para-hydroxylation sites is 1. The third-order valence-electron chi connectivity index (χ3n) is 3.80. The maximum absolute atomic E-state index is 13.3. The molecule has 0 aliphatic rings. The minimum atomic E-state index is -4.00. The van der Waals surface area contributed by atoms with Crippen molar-refractivity contribution >= 4 is 27.4 Å². The van der Waals surface area contributed by atoms with E-state index in [0.717, 1.165) is 12.1 Å². The van der Waals surface area contributed by atoms with Crippen LogP contribution in [0.4, 0.5) is 15.9 Å². The van der Waals surface area contributed by atoms with Gasteiger partial charge in [-0.05, 0) is 42.8 Å². The number of aromatic nitrogens is 2. The molecule has 0 saturated carbocycles. The zero-order valence-electron chi connectivity index (χ0n) is 14.6. The Balaban J connectivity index is 1.90. The van der Waals surface area contributed by atoms with Crippen molar-refractivity contribution in [2.45, 2.75) is 11.8 Å². The third-order valence-corrected chi connectivity index (χ3v) is 5.32. The van der Waals surface area contributed by atoms with Crippen LogP contribution in [0.25, 0.3) is 0 Å². The van der Waals surface area contributed by atoms with Crippen molar-refractivity contribution in [1.82, 2.24) is 9.78 Å². The number of aryl methyl sites for hydroxylation is 2. The molecular weight excluding hydrogens is 371 g/mol. The van der Waals surface area contributed by atoms with Crippen LogP contribution >= 0.6 is 0 Å². The molecule has 0 atom stereocenters. The fraction of sp³-hybridized carbons (Fsp3) is 0.111. The Hall–Kier alpha value is -3.20. The summed E-state index contributed by atoms with van der Waals surface area (Å²) in [6.07, 6.45) is 1.67. The first-order chi connectivity index (χ1) is 12.8. The molecule has 0 unspecified atom stereocenters. The zero-order valence-corrected chi connectivity index (χ0v) is 15.4. The fourth-order valence-electron chi connectivity index (χ4n) is 2.55. The Morgan fingerprint density at radius 2 is 1.89 bits per heavy atom. The predicted octanol–water partition coefficient (Wildman–Crippen LogP) is 2.92. The first-order valence-corrected chi connectivity index (χ1v) is 9.43. The molecule has 140 valence electrons. The first-order valence-electron chi connectivity index (χ1n) is 7.95. The molecular formula is C18H17FN4O3S. The lowest BCUT2D eigenvalue weighted by molar-refractivity contribution is 0.102. The Labute approximate surface area is 155 Å². The van der Waals surface area contributed by atoms with Crippen LogP contribution in [0.15, 0.2) is 59.6 Å². The third kappa shape index (κ3) is 4.14. The molecule has 3 rings (SSSR count). The lowest BCUT2D eigenvalue weighted by atomic mass is 10.1. The highest BCUT2D eigenvalue weighted by Gasteiger charge is 2.21. The van der Waals surface area contributed by atoms with Gasteiger partial charge in [-0.3, -0.25) is 14.2 Å². The molecule has 0 fully saturated rings. The molecule has 0 aliphatic carbocycles. The largest absolute Gasteiger partial charge is 0.305 e. The molecule has 7 nitrogen and oxygen atoms in total. The van der Waals surface area contributed by atoms with Crippen LogP contribution in [0.5, 0.6) is 0 Å². The van der Waals surface area contributed by atoms with Crippen molar-refractivity contribution in [3.8, 4) is 0 Å². The smallest absolute Gasteiger partial charge is 0.262 e. The van der Waals surface area contributed by atoms with Crippen LogP contribution in [0, 0.1) is 12.7 Å². The summed E-state index contributed by atoms with van der Waals surface area (Å²) >= 11 is 0. The average Bonchev–Trinajstić information content (AvgIpc) is 2.99. The topological polar surface area (TPSA) is 93.1 Å². The van der Waals surface area contributed by atoms with E-state index in [9.17, 15) is 17.6 Å². The van der Waals surface area contributed by atoms with Gasteiger partial charge < -0.3 is 5.32 Å².